The zero-order valence-corrected chi connectivity index (χ0v) is 19.1. The van der Waals surface area contributed by atoms with Gasteiger partial charge in [0.1, 0.15) is 16.3 Å². The van der Waals surface area contributed by atoms with E-state index in [-0.39, 0.29) is 11.3 Å². The Morgan fingerprint density at radius 3 is 2.55 bits per heavy atom. The first kappa shape index (κ1) is 23.7. The number of nitro benzene ring substituents is 1. The van der Waals surface area contributed by atoms with Gasteiger partial charge < -0.3 is 14.8 Å². The molecule has 8 nitrogen and oxygen atoms in total. The van der Waals surface area contributed by atoms with Gasteiger partial charge in [-0.05, 0) is 43.2 Å². The summed E-state index contributed by atoms with van der Waals surface area (Å²) in [6, 6.07) is 13.3. The fourth-order valence-electron chi connectivity index (χ4n) is 3.23. The number of hydrogen-bond acceptors (Lipinski definition) is 7. The molecule has 0 radical (unpaired) electrons. The predicted molar refractivity (Wildman–Crippen MR) is 128 cm³/mol. The summed E-state index contributed by atoms with van der Waals surface area (Å²) >= 11 is 1.26. The Balaban J connectivity index is 1.89. The number of benzene rings is 2. The van der Waals surface area contributed by atoms with E-state index in [2.05, 4.69) is 5.32 Å². The molecule has 1 heterocycles. The van der Waals surface area contributed by atoms with Crippen molar-refractivity contribution >= 4 is 40.0 Å². The number of nitro groups is 1. The Bertz CT molecular complexity index is 1210. The lowest BCUT2D eigenvalue weighted by Crippen LogP contribution is -2.11. The van der Waals surface area contributed by atoms with Crippen molar-refractivity contribution in [1.82, 2.24) is 0 Å². The summed E-state index contributed by atoms with van der Waals surface area (Å²) in [6.45, 7) is 4.30. The summed E-state index contributed by atoms with van der Waals surface area (Å²) in [6.07, 6.45) is 2.72. The number of aryl methyl sites for hydroxylation is 1. The van der Waals surface area contributed by atoms with E-state index in [0.29, 0.717) is 28.5 Å². The molecule has 1 amide bonds. The first-order chi connectivity index (χ1) is 15.8. The number of nitrogens with zero attached hydrogens (tertiary/aromatic N) is 1. The Morgan fingerprint density at radius 1 is 1.18 bits per heavy atom. The SMILES string of the molecule is CCOc1ccc(-c2c(C)sc(NC(=O)C=Cc3cccc([N+](=O)[O-])c3)c2C(=O)OC)cc1. The second-order valence-corrected chi connectivity index (χ2v) is 8.09. The van der Waals surface area contributed by atoms with Crippen molar-refractivity contribution in [3.63, 3.8) is 0 Å². The van der Waals surface area contributed by atoms with Crippen molar-refractivity contribution in [2.45, 2.75) is 13.8 Å². The molecule has 0 saturated heterocycles. The second-order valence-electron chi connectivity index (χ2n) is 6.86. The first-order valence-electron chi connectivity index (χ1n) is 10.0. The van der Waals surface area contributed by atoms with Crippen molar-refractivity contribution < 1.29 is 24.0 Å². The van der Waals surface area contributed by atoms with Crippen molar-refractivity contribution in [3.8, 4) is 16.9 Å². The molecule has 170 valence electrons. The quantitative estimate of drug-likeness (QED) is 0.204. The molecule has 0 spiro atoms. The lowest BCUT2D eigenvalue weighted by Gasteiger charge is -2.08. The van der Waals surface area contributed by atoms with E-state index < -0.39 is 16.8 Å². The number of nitrogens with one attached hydrogen (secondary N) is 1. The molecule has 0 unspecified atom stereocenters. The van der Waals surface area contributed by atoms with Crippen molar-refractivity contribution in [3.05, 3.63) is 80.7 Å². The third-order valence-corrected chi connectivity index (χ3v) is 5.69. The van der Waals surface area contributed by atoms with Crippen molar-refractivity contribution in [2.75, 3.05) is 19.0 Å². The number of hydrogen-bond donors (Lipinski definition) is 1. The third kappa shape index (κ3) is 5.64. The number of carbonyl (C=O) groups excluding carboxylic acids is 2. The van der Waals surface area contributed by atoms with Crippen LogP contribution in [0.4, 0.5) is 10.7 Å². The molecule has 1 aromatic heterocycles. The van der Waals surface area contributed by atoms with Crippen LogP contribution in [0.25, 0.3) is 17.2 Å². The van der Waals surface area contributed by atoms with Gasteiger partial charge in [-0.3, -0.25) is 14.9 Å². The molecule has 0 aliphatic rings. The molecule has 9 heteroatoms. The number of methoxy groups -OCH3 is 1. The minimum atomic E-state index is -0.568. The largest absolute Gasteiger partial charge is 0.494 e. The van der Waals surface area contributed by atoms with Gasteiger partial charge in [-0.2, -0.15) is 0 Å². The maximum absolute atomic E-state index is 12.6. The summed E-state index contributed by atoms with van der Waals surface area (Å²) in [5.74, 6) is -0.332. The van der Waals surface area contributed by atoms with Crippen LogP contribution in [0.3, 0.4) is 0 Å². The molecule has 0 aliphatic heterocycles. The smallest absolute Gasteiger partial charge is 0.341 e. The zero-order valence-electron chi connectivity index (χ0n) is 18.3. The van der Waals surface area contributed by atoms with Gasteiger partial charge in [-0.15, -0.1) is 11.3 Å². The molecular formula is C24H22N2O6S. The molecule has 0 saturated carbocycles. The minimum Gasteiger partial charge on any atom is -0.494 e. The number of carbonyl (C=O) groups is 2. The van der Waals surface area contributed by atoms with Crippen LogP contribution in [-0.4, -0.2) is 30.5 Å². The van der Waals surface area contributed by atoms with Crippen LogP contribution >= 0.6 is 11.3 Å². The van der Waals surface area contributed by atoms with Gasteiger partial charge in [0.25, 0.3) is 5.69 Å². The van der Waals surface area contributed by atoms with Gasteiger partial charge in [0, 0.05) is 28.6 Å². The van der Waals surface area contributed by atoms with E-state index in [0.717, 1.165) is 10.4 Å². The second kappa shape index (κ2) is 10.6. The van der Waals surface area contributed by atoms with E-state index in [1.165, 1.54) is 48.8 Å². The Kier molecular flexibility index (Phi) is 7.57. The fourth-order valence-corrected chi connectivity index (χ4v) is 4.30. The summed E-state index contributed by atoms with van der Waals surface area (Å²) in [7, 11) is 1.28. The van der Waals surface area contributed by atoms with Crippen LogP contribution in [0.2, 0.25) is 0 Å². The topological polar surface area (TPSA) is 108 Å². The molecule has 1 N–H and O–H groups in total. The molecular weight excluding hydrogens is 444 g/mol. The van der Waals surface area contributed by atoms with E-state index >= 15 is 0 Å². The maximum Gasteiger partial charge on any atom is 0.341 e. The number of esters is 1. The Morgan fingerprint density at radius 2 is 1.91 bits per heavy atom. The number of amides is 1. The van der Waals surface area contributed by atoms with Crippen molar-refractivity contribution in [1.29, 1.82) is 0 Å². The van der Waals surface area contributed by atoms with Crippen LogP contribution in [0.1, 0.15) is 27.7 Å². The summed E-state index contributed by atoms with van der Waals surface area (Å²) in [4.78, 5) is 36.4. The van der Waals surface area contributed by atoms with E-state index in [1.807, 2.05) is 38.1 Å². The fraction of sp³-hybridized carbons (Fsp3) is 0.167. The van der Waals surface area contributed by atoms with Gasteiger partial charge in [0.2, 0.25) is 5.91 Å². The molecule has 2 aromatic carbocycles. The highest BCUT2D eigenvalue weighted by molar-refractivity contribution is 7.17. The van der Waals surface area contributed by atoms with Gasteiger partial charge in [0.05, 0.1) is 18.6 Å². The van der Waals surface area contributed by atoms with E-state index in [4.69, 9.17) is 9.47 Å². The lowest BCUT2D eigenvalue weighted by atomic mass is 10.0. The summed E-state index contributed by atoms with van der Waals surface area (Å²) < 4.78 is 10.4. The highest BCUT2D eigenvalue weighted by Gasteiger charge is 2.24. The summed E-state index contributed by atoms with van der Waals surface area (Å²) in [5, 5.41) is 14.0. The predicted octanol–water partition coefficient (Wildman–Crippen LogP) is 5.47. The number of ether oxygens (including phenoxy) is 2. The normalized spacial score (nSPS) is 10.8. The monoisotopic (exact) mass is 466 g/mol. The third-order valence-electron chi connectivity index (χ3n) is 4.67. The first-order valence-corrected chi connectivity index (χ1v) is 10.8. The number of anilines is 1. The van der Waals surface area contributed by atoms with Crippen LogP contribution in [0.5, 0.6) is 5.75 Å². The highest BCUT2D eigenvalue weighted by atomic mass is 32.1. The molecule has 3 aromatic rings. The van der Waals surface area contributed by atoms with Gasteiger partial charge in [-0.1, -0.05) is 24.3 Å². The van der Waals surface area contributed by atoms with Gasteiger partial charge >= 0.3 is 5.97 Å². The Hall–Kier alpha value is -3.98. The van der Waals surface area contributed by atoms with Crippen LogP contribution in [0, 0.1) is 17.0 Å². The standard InChI is InChI=1S/C24H22N2O6S/c1-4-32-19-11-9-17(10-12-19)21-15(2)33-23(22(21)24(28)31-3)25-20(27)13-8-16-6-5-7-18(14-16)26(29)30/h5-14H,4H2,1-3H3,(H,25,27). The minimum absolute atomic E-state index is 0.0700. The van der Waals surface area contributed by atoms with Gasteiger partial charge in [0.15, 0.2) is 0 Å². The molecule has 0 fully saturated rings. The van der Waals surface area contributed by atoms with E-state index in [1.54, 1.807) is 6.07 Å². The maximum atomic E-state index is 12.6. The summed E-state index contributed by atoms with van der Waals surface area (Å²) in [5.41, 5.74) is 2.17. The molecule has 3 rings (SSSR count). The number of rotatable bonds is 8. The average Bonchev–Trinajstić information content (AvgIpc) is 3.13. The van der Waals surface area contributed by atoms with Gasteiger partial charge in [-0.25, -0.2) is 4.79 Å². The van der Waals surface area contributed by atoms with Crippen molar-refractivity contribution in [2.24, 2.45) is 0 Å². The lowest BCUT2D eigenvalue weighted by molar-refractivity contribution is -0.384. The molecule has 0 bridgehead atoms. The van der Waals surface area contributed by atoms with E-state index in [9.17, 15) is 19.7 Å². The van der Waals surface area contributed by atoms with Crippen LogP contribution < -0.4 is 10.1 Å². The Labute approximate surface area is 194 Å². The number of non-ortho nitro benzene ring substituents is 1. The van der Waals surface area contributed by atoms with Crippen LogP contribution in [0.15, 0.2) is 54.6 Å². The average molecular weight is 467 g/mol. The molecule has 33 heavy (non-hydrogen) atoms. The van der Waals surface area contributed by atoms with Crippen LogP contribution in [-0.2, 0) is 9.53 Å². The zero-order chi connectivity index (χ0) is 24.0. The molecule has 0 aliphatic carbocycles. The molecule has 0 atom stereocenters. The number of thiophene rings is 1. The highest BCUT2D eigenvalue weighted by Crippen LogP contribution is 2.40.